The van der Waals surface area contributed by atoms with E-state index in [1.54, 1.807) is 0 Å². The SMILES string of the molecule is CC(C)CC(NC(=O)c1cc([N+](=O)[O-])cc([N+](=O)[O-])c1)C(N)=O. The van der Waals surface area contributed by atoms with Gasteiger partial charge in [0, 0.05) is 12.1 Å². The number of hydrogen-bond donors (Lipinski definition) is 2. The summed E-state index contributed by atoms with van der Waals surface area (Å²) in [6.45, 7) is 3.64. The number of rotatable bonds is 7. The van der Waals surface area contributed by atoms with Crippen molar-refractivity contribution in [2.24, 2.45) is 11.7 Å². The number of nitrogens with one attached hydrogen (secondary N) is 1. The molecule has 1 aromatic rings. The molecule has 0 aliphatic heterocycles. The third-order valence-electron chi connectivity index (χ3n) is 2.94. The summed E-state index contributed by atoms with van der Waals surface area (Å²) < 4.78 is 0. The van der Waals surface area contributed by atoms with Crippen molar-refractivity contribution < 1.29 is 19.4 Å². The second-order valence-electron chi connectivity index (χ2n) is 5.31. The zero-order valence-electron chi connectivity index (χ0n) is 12.5. The van der Waals surface area contributed by atoms with Gasteiger partial charge in [0.1, 0.15) is 6.04 Å². The van der Waals surface area contributed by atoms with E-state index in [0.717, 1.165) is 18.2 Å². The first-order valence-corrected chi connectivity index (χ1v) is 6.66. The maximum atomic E-state index is 12.1. The van der Waals surface area contributed by atoms with Gasteiger partial charge in [-0.15, -0.1) is 0 Å². The van der Waals surface area contributed by atoms with E-state index in [0.29, 0.717) is 0 Å². The number of nitro groups is 2. The van der Waals surface area contributed by atoms with Gasteiger partial charge in [0.15, 0.2) is 0 Å². The summed E-state index contributed by atoms with van der Waals surface area (Å²) >= 11 is 0. The minimum absolute atomic E-state index is 0.0623. The number of nitrogens with zero attached hydrogens (tertiary/aromatic N) is 2. The molecule has 0 heterocycles. The van der Waals surface area contributed by atoms with Crippen LogP contribution in [0.4, 0.5) is 11.4 Å². The Bertz CT molecular complexity index is 626. The third kappa shape index (κ3) is 5.02. The van der Waals surface area contributed by atoms with Crippen molar-refractivity contribution in [2.75, 3.05) is 0 Å². The molecular weight excluding hydrogens is 308 g/mol. The van der Waals surface area contributed by atoms with Crippen molar-refractivity contribution in [2.45, 2.75) is 26.3 Å². The van der Waals surface area contributed by atoms with Gasteiger partial charge in [-0.1, -0.05) is 13.8 Å². The minimum atomic E-state index is -0.971. The zero-order chi connectivity index (χ0) is 17.7. The topological polar surface area (TPSA) is 158 Å². The Morgan fingerprint density at radius 3 is 1.96 bits per heavy atom. The fraction of sp³-hybridized carbons (Fsp3) is 0.385. The average Bonchev–Trinajstić information content (AvgIpc) is 2.45. The van der Waals surface area contributed by atoms with E-state index in [1.807, 2.05) is 13.8 Å². The number of primary amides is 1. The molecule has 0 aliphatic rings. The summed E-state index contributed by atoms with van der Waals surface area (Å²) in [6.07, 6.45) is 0.276. The number of benzene rings is 1. The summed E-state index contributed by atoms with van der Waals surface area (Å²) in [5.74, 6) is -1.54. The summed E-state index contributed by atoms with van der Waals surface area (Å²) in [7, 11) is 0. The molecule has 0 saturated carbocycles. The van der Waals surface area contributed by atoms with Crippen LogP contribution in [0.15, 0.2) is 18.2 Å². The lowest BCUT2D eigenvalue weighted by atomic mass is 10.0. The molecular formula is C13H16N4O6. The molecule has 10 nitrogen and oxygen atoms in total. The third-order valence-corrected chi connectivity index (χ3v) is 2.94. The molecule has 0 bridgehead atoms. The maximum Gasteiger partial charge on any atom is 0.277 e. The Hall–Kier alpha value is -3.04. The van der Waals surface area contributed by atoms with E-state index < -0.39 is 39.1 Å². The van der Waals surface area contributed by atoms with Crippen LogP contribution in [0.5, 0.6) is 0 Å². The van der Waals surface area contributed by atoms with Gasteiger partial charge in [-0.25, -0.2) is 0 Å². The molecule has 124 valence electrons. The summed E-state index contributed by atoms with van der Waals surface area (Å²) in [5, 5.41) is 23.9. The second-order valence-corrected chi connectivity index (χ2v) is 5.31. The van der Waals surface area contributed by atoms with E-state index >= 15 is 0 Å². The van der Waals surface area contributed by atoms with Crippen LogP contribution in [-0.2, 0) is 4.79 Å². The lowest BCUT2D eigenvalue weighted by molar-refractivity contribution is -0.394. The molecule has 2 amide bonds. The Labute approximate surface area is 131 Å². The summed E-state index contributed by atoms with van der Waals surface area (Å²) in [6, 6.07) is 1.57. The first-order chi connectivity index (χ1) is 10.6. The molecule has 0 spiro atoms. The fourth-order valence-electron chi connectivity index (χ4n) is 1.90. The highest BCUT2D eigenvalue weighted by molar-refractivity contribution is 5.98. The number of carbonyl (C=O) groups is 2. The molecule has 23 heavy (non-hydrogen) atoms. The molecule has 1 rings (SSSR count). The van der Waals surface area contributed by atoms with Crippen LogP contribution in [-0.4, -0.2) is 27.7 Å². The van der Waals surface area contributed by atoms with Crippen LogP contribution in [0.1, 0.15) is 30.6 Å². The monoisotopic (exact) mass is 324 g/mol. The fourth-order valence-corrected chi connectivity index (χ4v) is 1.90. The Morgan fingerprint density at radius 1 is 1.13 bits per heavy atom. The quantitative estimate of drug-likeness (QED) is 0.565. The largest absolute Gasteiger partial charge is 0.368 e. The summed E-state index contributed by atoms with van der Waals surface area (Å²) in [4.78, 5) is 43.4. The highest BCUT2D eigenvalue weighted by atomic mass is 16.6. The van der Waals surface area contributed by atoms with E-state index in [1.165, 1.54) is 0 Å². The number of hydrogen-bond acceptors (Lipinski definition) is 6. The Balaban J connectivity index is 3.13. The predicted molar refractivity (Wildman–Crippen MR) is 79.7 cm³/mol. The van der Waals surface area contributed by atoms with Gasteiger partial charge in [-0.05, 0) is 12.3 Å². The summed E-state index contributed by atoms with van der Waals surface area (Å²) in [5.41, 5.74) is 3.72. The van der Waals surface area contributed by atoms with Crippen LogP contribution >= 0.6 is 0 Å². The predicted octanol–water partition coefficient (Wildman–Crippen LogP) is 1.13. The van der Waals surface area contributed by atoms with E-state index in [2.05, 4.69) is 5.32 Å². The molecule has 0 aliphatic carbocycles. The van der Waals surface area contributed by atoms with Crippen molar-refractivity contribution in [3.63, 3.8) is 0 Å². The molecule has 1 aromatic carbocycles. The second kappa shape index (κ2) is 7.29. The lowest BCUT2D eigenvalue weighted by Crippen LogP contribution is -2.45. The highest BCUT2D eigenvalue weighted by Gasteiger charge is 2.24. The Morgan fingerprint density at radius 2 is 1.61 bits per heavy atom. The van der Waals surface area contributed by atoms with Gasteiger partial charge in [0.25, 0.3) is 17.3 Å². The van der Waals surface area contributed by atoms with Gasteiger partial charge < -0.3 is 11.1 Å². The van der Waals surface area contributed by atoms with Crippen molar-refractivity contribution in [3.8, 4) is 0 Å². The van der Waals surface area contributed by atoms with Crippen LogP contribution < -0.4 is 11.1 Å². The molecule has 1 atom stereocenters. The van der Waals surface area contributed by atoms with Crippen molar-refractivity contribution >= 4 is 23.2 Å². The highest BCUT2D eigenvalue weighted by Crippen LogP contribution is 2.22. The molecule has 3 N–H and O–H groups in total. The number of carbonyl (C=O) groups excluding carboxylic acids is 2. The standard InChI is InChI=1S/C13H16N4O6/c1-7(2)3-11(12(14)18)15-13(19)8-4-9(16(20)21)6-10(5-8)17(22)23/h4-7,11H,3H2,1-2H3,(H2,14,18)(H,15,19). The van der Waals surface area contributed by atoms with E-state index in [9.17, 15) is 29.8 Å². The molecule has 10 heteroatoms. The van der Waals surface area contributed by atoms with Crippen LogP contribution in [0.3, 0.4) is 0 Å². The van der Waals surface area contributed by atoms with Gasteiger partial charge in [0.05, 0.1) is 21.5 Å². The molecule has 0 fully saturated rings. The smallest absolute Gasteiger partial charge is 0.277 e. The lowest BCUT2D eigenvalue weighted by Gasteiger charge is -2.17. The van der Waals surface area contributed by atoms with Gasteiger partial charge in [0.2, 0.25) is 5.91 Å². The normalized spacial score (nSPS) is 11.8. The molecule has 0 saturated heterocycles. The van der Waals surface area contributed by atoms with Crippen molar-refractivity contribution in [1.82, 2.24) is 5.32 Å². The van der Waals surface area contributed by atoms with Crippen molar-refractivity contribution in [3.05, 3.63) is 44.0 Å². The minimum Gasteiger partial charge on any atom is -0.368 e. The van der Waals surface area contributed by atoms with Crippen molar-refractivity contribution in [1.29, 1.82) is 0 Å². The number of non-ortho nitro benzene ring substituents is 2. The number of amides is 2. The first-order valence-electron chi connectivity index (χ1n) is 6.66. The molecule has 0 aromatic heterocycles. The van der Waals surface area contributed by atoms with Gasteiger partial charge >= 0.3 is 0 Å². The van der Waals surface area contributed by atoms with Crippen LogP contribution in [0.25, 0.3) is 0 Å². The number of nitrogens with two attached hydrogens (primary N) is 1. The number of nitro benzene ring substituents is 2. The molecule has 0 radical (unpaired) electrons. The van der Waals surface area contributed by atoms with Gasteiger partial charge in [-0.2, -0.15) is 0 Å². The average molecular weight is 324 g/mol. The zero-order valence-corrected chi connectivity index (χ0v) is 12.5. The molecule has 1 unspecified atom stereocenters. The first kappa shape index (κ1) is 18.0. The van der Waals surface area contributed by atoms with Gasteiger partial charge in [-0.3, -0.25) is 29.8 Å². The van der Waals surface area contributed by atoms with Crippen LogP contribution in [0, 0.1) is 26.1 Å². The maximum absolute atomic E-state index is 12.1. The van der Waals surface area contributed by atoms with E-state index in [4.69, 9.17) is 5.73 Å². The Kier molecular flexibility index (Phi) is 5.71. The van der Waals surface area contributed by atoms with E-state index in [-0.39, 0.29) is 17.9 Å². The van der Waals surface area contributed by atoms with Crippen LogP contribution in [0.2, 0.25) is 0 Å².